The van der Waals surface area contributed by atoms with Gasteiger partial charge in [0.2, 0.25) is 5.91 Å². The molecule has 2 N–H and O–H groups in total. The molecule has 5 heteroatoms. The summed E-state index contributed by atoms with van der Waals surface area (Å²) in [7, 11) is 0. The van der Waals surface area contributed by atoms with Gasteiger partial charge in [0.05, 0.1) is 19.3 Å². The summed E-state index contributed by atoms with van der Waals surface area (Å²) < 4.78 is 5.46. The van der Waals surface area contributed by atoms with Crippen LogP contribution >= 0.6 is 0 Å². The van der Waals surface area contributed by atoms with E-state index in [1.807, 2.05) is 30.3 Å². The van der Waals surface area contributed by atoms with Crippen molar-refractivity contribution in [2.75, 3.05) is 13.2 Å². The maximum atomic E-state index is 12.1. The van der Waals surface area contributed by atoms with Crippen LogP contribution < -0.4 is 5.73 Å². The van der Waals surface area contributed by atoms with Crippen molar-refractivity contribution in [1.29, 1.82) is 5.26 Å². The molecule has 0 saturated heterocycles. The lowest BCUT2D eigenvalue weighted by atomic mass is 10.2. The van der Waals surface area contributed by atoms with Crippen LogP contribution in [-0.2, 0) is 16.1 Å². The summed E-state index contributed by atoms with van der Waals surface area (Å²) in [5, 5.41) is 8.92. The Morgan fingerprint density at radius 3 is 2.95 bits per heavy atom. The lowest BCUT2D eigenvalue weighted by Crippen LogP contribution is -2.48. The van der Waals surface area contributed by atoms with Crippen molar-refractivity contribution < 1.29 is 9.53 Å². The second kappa shape index (κ2) is 6.85. The Bertz CT molecular complexity index is 522. The maximum Gasteiger partial charge on any atom is 0.243 e. The summed E-state index contributed by atoms with van der Waals surface area (Å²) in [6, 6.07) is 10.5. The Kier molecular flexibility index (Phi) is 4.88. The fourth-order valence-corrected chi connectivity index (χ4v) is 2.02. The van der Waals surface area contributed by atoms with E-state index in [2.05, 4.69) is 6.07 Å². The molecule has 0 fully saturated rings. The van der Waals surface area contributed by atoms with Crippen molar-refractivity contribution in [2.24, 2.45) is 5.73 Å². The number of hydrogen-bond acceptors (Lipinski definition) is 4. The highest BCUT2D eigenvalue weighted by molar-refractivity contribution is 5.83. The molecule has 104 valence electrons. The predicted molar refractivity (Wildman–Crippen MR) is 74.3 cm³/mol. The quantitative estimate of drug-likeness (QED) is 0.804. The fraction of sp³-hybridized carbons (Fsp3) is 0.333. The number of nitrogens with zero attached hydrogens (tertiary/aromatic N) is 2. The molecule has 1 aromatic rings. The number of rotatable bonds is 5. The van der Waals surface area contributed by atoms with Gasteiger partial charge < -0.3 is 15.4 Å². The highest BCUT2D eigenvalue weighted by Crippen LogP contribution is 2.10. The maximum absolute atomic E-state index is 12.1. The van der Waals surface area contributed by atoms with Crippen molar-refractivity contribution in [3.8, 4) is 6.07 Å². The van der Waals surface area contributed by atoms with Gasteiger partial charge in [-0.05, 0) is 11.6 Å². The van der Waals surface area contributed by atoms with Crippen LogP contribution in [0.15, 0.2) is 42.5 Å². The van der Waals surface area contributed by atoms with Crippen molar-refractivity contribution in [2.45, 2.75) is 18.7 Å². The summed E-state index contributed by atoms with van der Waals surface area (Å²) in [6.45, 7) is 0.994. The van der Waals surface area contributed by atoms with Crippen LogP contribution in [-0.4, -0.2) is 36.0 Å². The third-order valence-electron chi connectivity index (χ3n) is 3.10. The van der Waals surface area contributed by atoms with Crippen LogP contribution in [0.5, 0.6) is 0 Å². The van der Waals surface area contributed by atoms with Crippen molar-refractivity contribution >= 4 is 5.91 Å². The van der Waals surface area contributed by atoms with E-state index >= 15 is 0 Å². The molecule has 5 nitrogen and oxygen atoms in total. The van der Waals surface area contributed by atoms with Crippen molar-refractivity contribution in [3.05, 3.63) is 48.0 Å². The molecule has 0 unspecified atom stereocenters. The van der Waals surface area contributed by atoms with E-state index in [1.165, 1.54) is 4.90 Å². The molecule has 1 heterocycles. The molecule has 0 radical (unpaired) electrons. The van der Waals surface area contributed by atoms with Gasteiger partial charge in [0.15, 0.2) is 0 Å². The Hall–Kier alpha value is -2.16. The minimum Gasteiger partial charge on any atom is -0.375 e. The van der Waals surface area contributed by atoms with E-state index in [0.717, 1.165) is 5.56 Å². The first-order valence-corrected chi connectivity index (χ1v) is 6.46. The first kappa shape index (κ1) is 14.3. The highest BCUT2D eigenvalue weighted by Gasteiger charge is 2.28. The molecule has 2 rings (SSSR count). The van der Waals surface area contributed by atoms with Gasteiger partial charge in [-0.1, -0.05) is 36.4 Å². The van der Waals surface area contributed by atoms with E-state index in [1.54, 1.807) is 12.2 Å². The zero-order valence-corrected chi connectivity index (χ0v) is 11.1. The number of benzene rings is 1. The molecule has 1 aromatic carbocycles. The first-order valence-electron chi connectivity index (χ1n) is 6.46. The standard InChI is InChI=1S/C15H17N3O2/c16-9-13-7-4-8-18(13)15(19)14(17)11-20-10-12-5-2-1-3-6-12/h1-7,13-14H,8,10-11,17H2/t13-,14-/m0/s1. The van der Waals surface area contributed by atoms with E-state index in [4.69, 9.17) is 15.7 Å². The van der Waals surface area contributed by atoms with Crippen LogP contribution in [0.25, 0.3) is 0 Å². The summed E-state index contributed by atoms with van der Waals surface area (Å²) in [5.74, 6) is -0.255. The smallest absolute Gasteiger partial charge is 0.243 e. The van der Waals surface area contributed by atoms with Crippen LogP contribution in [0.2, 0.25) is 0 Å². The second-order valence-electron chi connectivity index (χ2n) is 4.60. The fourth-order valence-electron chi connectivity index (χ4n) is 2.02. The van der Waals surface area contributed by atoms with Gasteiger partial charge in [-0.25, -0.2) is 0 Å². The van der Waals surface area contributed by atoms with Gasteiger partial charge in [-0.3, -0.25) is 4.79 Å². The number of hydrogen-bond donors (Lipinski definition) is 1. The summed E-state index contributed by atoms with van der Waals surface area (Å²) in [6.07, 6.45) is 3.50. The average molecular weight is 271 g/mol. The lowest BCUT2D eigenvalue weighted by Gasteiger charge is -2.23. The molecule has 0 aliphatic carbocycles. The van der Waals surface area contributed by atoms with E-state index < -0.39 is 12.1 Å². The van der Waals surface area contributed by atoms with Gasteiger partial charge in [0.1, 0.15) is 12.1 Å². The normalized spacial score (nSPS) is 18.8. The molecule has 0 aromatic heterocycles. The minimum absolute atomic E-state index is 0.141. The van der Waals surface area contributed by atoms with Crippen LogP contribution in [0, 0.1) is 11.3 Å². The number of nitriles is 1. The molecular formula is C15H17N3O2. The third-order valence-corrected chi connectivity index (χ3v) is 3.10. The van der Waals surface area contributed by atoms with Crippen molar-refractivity contribution in [1.82, 2.24) is 4.90 Å². The SMILES string of the molecule is N#C[C@@H]1C=CCN1C(=O)[C@@H](N)COCc1ccccc1. The van der Waals surface area contributed by atoms with Gasteiger partial charge in [0, 0.05) is 6.54 Å². The Balaban J connectivity index is 1.79. The van der Waals surface area contributed by atoms with E-state index in [0.29, 0.717) is 13.2 Å². The number of carbonyl (C=O) groups excluding carboxylic acids is 1. The van der Waals surface area contributed by atoms with Gasteiger partial charge in [0.25, 0.3) is 0 Å². The summed E-state index contributed by atoms with van der Waals surface area (Å²) in [4.78, 5) is 13.5. The van der Waals surface area contributed by atoms with Gasteiger partial charge in [-0.2, -0.15) is 5.26 Å². The van der Waals surface area contributed by atoms with Gasteiger partial charge in [-0.15, -0.1) is 0 Å². The zero-order valence-electron chi connectivity index (χ0n) is 11.1. The number of amides is 1. The molecule has 2 atom stereocenters. The minimum atomic E-state index is -0.741. The number of ether oxygens (including phenoxy) is 1. The largest absolute Gasteiger partial charge is 0.375 e. The molecular weight excluding hydrogens is 254 g/mol. The zero-order chi connectivity index (χ0) is 14.4. The molecule has 0 saturated carbocycles. The third kappa shape index (κ3) is 3.44. The van der Waals surface area contributed by atoms with Crippen LogP contribution in [0.1, 0.15) is 5.56 Å². The number of carbonyl (C=O) groups is 1. The Morgan fingerprint density at radius 1 is 1.50 bits per heavy atom. The molecule has 1 aliphatic heterocycles. The summed E-state index contributed by atoms with van der Waals surface area (Å²) >= 11 is 0. The average Bonchev–Trinajstić information content (AvgIpc) is 2.96. The lowest BCUT2D eigenvalue weighted by molar-refractivity contribution is -0.133. The predicted octanol–water partition coefficient (Wildman–Crippen LogP) is 0.821. The summed E-state index contributed by atoms with van der Waals surface area (Å²) in [5.41, 5.74) is 6.86. The number of nitrogens with two attached hydrogens (primary N) is 1. The Labute approximate surface area is 118 Å². The first-order chi connectivity index (χ1) is 9.72. The molecule has 1 aliphatic rings. The van der Waals surface area contributed by atoms with E-state index in [9.17, 15) is 4.79 Å². The van der Waals surface area contributed by atoms with Crippen molar-refractivity contribution in [3.63, 3.8) is 0 Å². The monoisotopic (exact) mass is 271 g/mol. The van der Waals surface area contributed by atoms with Gasteiger partial charge >= 0.3 is 0 Å². The Morgan fingerprint density at radius 2 is 2.25 bits per heavy atom. The van der Waals surface area contributed by atoms with Crippen LogP contribution in [0.3, 0.4) is 0 Å². The molecule has 20 heavy (non-hydrogen) atoms. The highest BCUT2D eigenvalue weighted by atomic mass is 16.5. The topological polar surface area (TPSA) is 79.4 Å². The van der Waals surface area contributed by atoms with E-state index in [-0.39, 0.29) is 12.5 Å². The molecule has 0 bridgehead atoms. The molecule has 0 spiro atoms. The van der Waals surface area contributed by atoms with Crippen LogP contribution in [0.4, 0.5) is 0 Å². The molecule has 1 amide bonds. The second-order valence-corrected chi connectivity index (χ2v) is 4.60.